The van der Waals surface area contributed by atoms with Crippen LogP contribution in [0, 0.1) is 0 Å². The van der Waals surface area contributed by atoms with E-state index in [-0.39, 0.29) is 12.3 Å². The van der Waals surface area contributed by atoms with Crippen molar-refractivity contribution in [1.29, 1.82) is 0 Å². The van der Waals surface area contributed by atoms with Gasteiger partial charge in [-0.15, -0.1) is 11.3 Å². The maximum atomic E-state index is 12.2. The number of aromatic nitrogens is 1. The lowest BCUT2D eigenvalue weighted by Gasteiger charge is -2.05. The fourth-order valence-electron chi connectivity index (χ4n) is 2.31. The molecule has 0 spiro atoms. The predicted molar refractivity (Wildman–Crippen MR) is 110 cm³/mol. The molecule has 0 aliphatic rings. The van der Waals surface area contributed by atoms with Crippen molar-refractivity contribution in [2.24, 2.45) is 0 Å². The van der Waals surface area contributed by atoms with Crippen LogP contribution >= 0.6 is 57.7 Å². The lowest BCUT2D eigenvalue weighted by Crippen LogP contribution is -2.14. The van der Waals surface area contributed by atoms with Gasteiger partial charge in [0.15, 0.2) is 5.13 Å². The highest BCUT2D eigenvalue weighted by Crippen LogP contribution is 2.27. The van der Waals surface area contributed by atoms with Gasteiger partial charge in [0.1, 0.15) is 0 Å². The van der Waals surface area contributed by atoms with Crippen LogP contribution in [0.15, 0.2) is 42.6 Å². The molecular weight excluding hydrogens is 434 g/mol. The zero-order chi connectivity index (χ0) is 18.7. The third-order valence-electron chi connectivity index (χ3n) is 3.54. The Bertz CT molecular complexity index is 958. The van der Waals surface area contributed by atoms with Gasteiger partial charge >= 0.3 is 0 Å². The molecule has 8 heteroatoms. The van der Waals surface area contributed by atoms with Crippen molar-refractivity contribution in [2.45, 2.75) is 12.8 Å². The summed E-state index contributed by atoms with van der Waals surface area (Å²) in [6, 6.07) is 10.4. The number of carbonyl (C=O) groups is 1. The Morgan fingerprint density at radius 3 is 2.46 bits per heavy atom. The number of nitrogens with zero attached hydrogens (tertiary/aromatic N) is 1. The topological polar surface area (TPSA) is 42.0 Å². The van der Waals surface area contributed by atoms with E-state index in [9.17, 15) is 4.79 Å². The maximum absolute atomic E-state index is 12.2. The Morgan fingerprint density at radius 1 is 0.962 bits per heavy atom. The summed E-state index contributed by atoms with van der Waals surface area (Å²) >= 11 is 25.5. The van der Waals surface area contributed by atoms with E-state index < -0.39 is 0 Å². The second kappa shape index (κ2) is 8.59. The molecule has 134 valence electrons. The molecule has 1 aromatic heterocycles. The van der Waals surface area contributed by atoms with Crippen LogP contribution in [0.2, 0.25) is 20.1 Å². The summed E-state index contributed by atoms with van der Waals surface area (Å²) in [5.41, 5.74) is 1.62. The fourth-order valence-corrected chi connectivity index (χ4v) is 4.02. The van der Waals surface area contributed by atoms with Crippen molar-refractivity contribution in [2.75, 3.05) is 5.32 Å². The van der Waals surface area contributed by atoms with E-state index in [4.69, 9.17) is 46.4 Å². The molecule has 0 atom stereocenters. The number of rotatable bonds is 5. The second-order valence-electron chi connectivity index (χ2n) is 5.50. The second-order valence-corrected chi connectivity index (χ2v) is 8.31. The highest BCUT2D eigenvalue weighted by Gasteiger charge is 2.11. The number of amides is 1. The average molecular weight is 446 g/mol. The van der Waals surface area contributed by atoms with Gasteiger partial charge in [0.25, 0.3) is 0 Å². The number of benzene rings is 2. The molecule has 2 aromatic carbocycles. The van der Waals surface area contributed by atoms with Crippen LogP contribution in [0.5, 0.6) is 0 Å². The van der Waals surface area contributed by atoms with Crippen LogP contribution in [-0.4, -0.2) is 10.9 Å². The number of anilines is 1. The Kier molecular flexibility index (Phi) is 6.43. The number of hydrogen-bond donors (Lipinski definition) is 1. The van der Waals surface area contributed by atoms with Gasteiger partial charge in [-0.3, -0.25) is 4.79 Å². The summed E-state index contributed by atoms with van der Waals surface area (Å²) in [5, 5.41) is 5.57. The fraction of sp³-hybridized carbons (Fsp3) is 0.111. The standard InChI is InChI=1S/C18H12Cl4N2OS/c19-12-3-4-15(21)11(5-12)6-14-9-23-18(26-14)24-17(25)7-10-1-2-13(20)8-16(10)22/h1-5,8-9H,6-7H2,(H,23,24,25). The molecule has 0 unspecified atom stereocenters. The molecule has 26 heavy (non-hydrogen) atoms. The molecule has 1 amide bonds. The SMILES string of the molecule is O=C(Cc1ccc(Cl)cc1Cl)Nc1ncc(Cc2cc(Cl)ccc2Cl)s1. The average Bonchev–Trinajstić information content (AvgIpc) is 3.00. The summed E-state index contributed by atoms with van der Waals surface area (Å²) in [6.07, 6.45) is 2.45. The molecular formula is C18H12Cl4N2OS. The van der Waals surface area contributed by atoms with Crippen molar-refractivity contribution in [3.63, 3.8) is 0 Å². The lowest BCUT2D eigenvalue weighted by atomic mass is 10.1. The summed E-state index contributed by atoms with van der Waals surface area (Å²) in [7, 11) is 0. The molecule has 3 rings (SSSR count). The van der Waals surface area contributed by atoms with Crippen LogP contribution in [0.25, 0.3) is 0 Å². The van der Waals surface area contributed by atoms with E-state index in [0.717, 1.165) is 10.4 Å². The van der Waals surface area contributed by atoms with E-state index in [1.54, 1.807) is 36.5 Å². The summed E-state index contributed by atoms with van der Waals surface area (Å²) in [4.78, 5) is 17.4. The Balaban J connectivity index is 1.64. The molecule has 0 radical (unpaired) electrons. The van der Waals surface area contributed by atoms with Crippen molar-refractivity contribution < 1.29 is 4.79 Å². The van der Waals surface area contributed by atoms with E-state index in [2.05, 4.69) is 10.3 Å². The van der Waals surface area contributed by atoms with Crippen molar-refractivity contribution in [3.05, 3.63) is 78.7 Å². The van der Waals surface area contributed by atoms with Crippen LogP contribution in [-0.2, 0) is 17.6 Å². The molecule has 1 heterocycles. The largest absolute Gasteiger partial charge is 0.302 e. The molecule has 0 aliphatic heterocycles. The van der Waals surface area contributed by atoms with Crippen molar-refractivity contribution in [1.82, 2.24) is 4.98 Å². The highest BCUT2D eigenvalue weighted by atomic mass is 35.5. The summed E-state index contributed by atoms with van der Waals surface area (Å²) < 4.78 is 0. The molecule has 3 nitrogen and oxygen atoms in total. The van der Waals surface area contributed by atoms with Crippen LogP contribution in [0.1, 0.15) is 16.0 Å². The van der Waals surface area contributed by atoms with Gasteiger partial charge in [-0.1, -0.05) is 52.5 Å². The first-order chi connectivity index (χ1) is 12.4. The van der Waals surface area contributed by atoms with Gasteiger partial charge in [-0.2, -0.15) is 0 Å². The van der Waals surface area contributed by atoms with E-state index in [1.807, 2.05) is 6.07 Å². The number of carbonyl (C=O) groups excluding carboxylic acids is 1. The number of nitrogens with one attached hydrogen (secondary N) is 1. The number of halogens is 4. The zero-order valence-corrected chi connectivity index (χ0v) is 17.1. The Morgan fingerprint density at radius 2 is 1.69 bits per heavy atom. The Hall–Kier alpha value is -1.30. The smallest absolute Gasteiger partial charge is 0.230 e. The van der Waals surface area contributed by atoms with Crippen molar-refractivity contribution >= 4 is 68.8 Å². The minimum atomic E-state index is -0.198. The molecule has 3 aromatic rings. The van der Waals surface area contributed by atoms with E-state index in [1.165, 1.54) is 11.3 Å². The molecule has 0 saturated heterocycles. The minimum absolute atomic E-state index is 0.144. The summed E-state index contributed by atoms with van der Waals surface area (Å²) in [5.74, 6) is -0.198. The monoisotopic (exact) mass is 444 g/mol. The van der Waals surface area contributed by atoms with Crippen LogP contribution in [0.3, 0.4) is 0 Å². The molecule has 0 aliphatic carbocycles. The quantitative estimate of drug-likeness (QED) is 0.485. The van der Waals surface area contributed by atoms with Crippen molar-refractivity contribution in [3.8, 4) is 0 Å². The molecule has 0 fully saturated rings. The van der Waals surface area contributed by atoms with Crippen LogP contribution in [0.4, 0.5) is 5.13 Å². The predicted octanol–water partition coefficient (Wildman–Crippen LogP) is 6.53. The first-order valence-corrected chi connectivity index (χ1v) is 9.86. The van der Waals surface area contributed by atoms with Gasteiger partial charge in [-0.05, 0) is 41.5 Å². The third-order valence-corrected chi connectivity index (χ3v) is 5.64. The Labute approximate surface area is 174 Å². The minimum Gasteiger partial charge on any atom is -0.302 e. The lowest BCUT2D eigenvalue weighted by molar-refractivity contribution is -0.115. The zero-order valence-electron chi connectivity index (χ0n) is 13.2. The van der Waals surface area contributed by atoms with Gasteiger partial charge < -0.3 is 5.32 Å². The third kappa shape index (κ3) is 5.12. The van der Waals surface area contributed by atoms with Gasteiger partial charge in [-0.25, -0.2) is 4.98 Å². The molecule has 1 N–H and O–H groups in total. The maximum Gasteiger partial charge on any atom is 0.230 e. The first-order valence-electron chi connectivity index (χ1n) is 7.53. The van der Waals surface area contributed by atoms with Gasteiger partial charge in [0, 0.05) is 37.6 Å². The van der Waals surface area contributed by atoms with Gasteiger partial charge in [0.05, 0.1) is 6.42 Å². The first kappa shape index (κ1) is 19.5. The van der Waals surface area contributed by atoms with E-state index >= 15 is 0 Å². The molecule has 0 bridgehead atoms. The van der Waals surface area contributed by atoms with E-state index in [0.29, 0.717) is 37.2 Å². The summed E-state index contributed by atoms with van der Waals surface area (Å²) in [6.45, 7) is 0. The highest BCUT2D eigenvalue weighted by molar-refractivity contribution is 7.15. The van der Waals surface area contributed by atoms with Crippen LogP contribution < -0.4 is 5.32 Å². The van der Waals surface area contributed by atoms with Gasteiger partial charge in [0.2, 0.25) is 5.91 Å². The number of hydrogen-bond acceptors (Lipinski definition) is 3. The normalized spacial score (nSPS) is 10.8. The molecule has 0 saturated carbocycles. The number of thiazole rings is 1.